The lowest BCUT2D eigenvalue weighted by Gasteiger charge is -2.32. The second kappa shape index (κ2) is 5.23. The average Bonchev–Trinajstić information content (AvgIpc) is 2.29. The summed E-state index contributed by atoms with van der Waals surface area (Å²) in [5.41, 5.74) is -1.03. The number of rotatable bonds is 4. The van der Waals surface area contributed by atoms with Crippen LogP contribution in [0.1, 0.15) is 26.5 Å². The van der Waals surface area contributed by atoms with Crippen LogP contribution in [0.3, 0.4) is 0 Å². The van der Waals surface area contributed by atoms with Crippen molar-refractivity contribution in [1.82, 2.24) is 9.97 Å². The standard InChI is InChI=1S/C12H18N2O3/c1-8(2)10(11(15)17-4)12(3,16)9-7-13-5-6-14-9/h5-8,10,16H,1-4H3. The maximum absolute atomic E-state index is 11.7. The van der Waals surface area contributed by atoms with Gasteiger partial charge in [-0.1, -0.05) is 13.8 Å². The van der Waals surface area contributed by atoms with Crippen molar-refractivity contribution < 1.29 is 14.6 Å². The molecule has 0 fully saturated rings. The van der Waals surface area contributed by atoms with Crippen molar-refractivity contribution in [3.8, 4) is 0 Å². The summed E-state index contributed by atoms with van der Waals surface area (Å²) in [6.07, 6.45) is 4.46. The van der Waals surface area contributed by atoms with Gasteiger partial charge < -0.3 is 9.84 Å². The zero-order valence-electron chi connectivity index (χ0n) is 10.5. The number of carbonyl (C=O) groups excluding carboxylic acids is 1. The molecule has 1 aromatic rings. The maximum Gasteiger partial charge on any atom is 0.312 e. The van der Waals surface area contributed by atoms with E-state index in [2.05, 4.69) is 9.97 Å². The van der Waals surface area contributed by atoms with E-state index in [0.29, 0.717) is 5.69 Å². The molecule has 5 heteroatoms. The molecule has 0 radical (unpaired) electrons. The van der Waals surface area contributed by atoms with Crippen LogP contribution < -0.4 is 0 Å². The summed E-state index contributed by atoms with van der Waals surface area (Å²) in [5.74, 6) is -1.20. The molecule has 1 heterocycles. The van der Waals surface area contributed by atoms with E-state index in [0.717, 1.165) is 0 Å². The van der Waals surface area contributed by atoms with Gasteiger partial charge in [0.25, 0.3) is 0 Å². The molecule has 0 saturated carbocycles. The first kappa shape index (κ1) is 13.6. The van der Waals surface area contributed by atoms with Crippen LogP contribution in [0.2, 0.25) is 0 Å². The third-order valence-electron chi connectivity index (χ3n) is 2.81. The molecule has 2 atom stereocenters. The Balaban J connectivity index is 3.13. The third kappa shape index (κ3) is 2.79. The van der Waals surface area contributed by atoms with Gasteiger partial charge in [-0.05, 0) is 12.8 Å². The monoisotopic (exact) mass is 238 g/mol. The second-order valence-corrected chi connectivity index (χ2v) is 4.48. The zero-order valence-corrected chi connectivity index (χ0v) is 10.5. The van der Waals surface area contributed by atoms with Gasteiger partial charge in [-0.2, -0.15) is 0 Å². The zero-order chi connectivity index (χ0) is 13.1. The number of esters is 1. The third-order valence-corrected chi connectivity index (χ3v) is 2.81. The molecule has 1 aromatic heterocycles. The fraction of sp³-hybridized carbons (Fsp3) is 0.583. The molecule has 94 valence electrons. The predicted octanol–water partition coefficient (Wildman–Crippen LogP) is 1.13. The highest BCUT2D eigenvalue weighted by atomic mass is 16.5. The number of aliphatic hydroxyl groups is 1. The minimum Gasteiger partial charge on any atom is -0.469 e. The lowest BCUT2D eigenvalue weighted by molar-refractivity contribution is -0.159. The molecule has 0 spiro atoms. The van der Waals surface area contributed by atoms with E-state index in [1.807, 2.05) is 13.8 Å². The molecule has 0 saturated heterocycles. The summed E-state index contributed by atoms with van der Waals surface area (Å²) >= 11 is 0. The van der Waals surface area contributed by atoms with Crippen LogP contribution in [-0.2, 0) is 15.1 Å². The Kier molecular flexibility index (Phi) is 4.17. The van der Waals surface area contributed by atoms with Crippen molar-refractivity contribution in [3.05, 3.63) is 24.3 Å². The van der Waals surface area contributed by atoms with Crippen LogP contribution >= 0.6 is 0 Å². The highest BCUT2D eigenvalue weighted by molar-refractivity contribution is 5.74. The Hall–Kier alpha value is -1.49. The van der Waals surface area contributed by atoms with E-state index in [-0.39, 0.29) is 5.92 Å². The lowest BCUT2D eigenvalue weighted by Crippen LogP contribution is -2.41. The Morgan fingerprint density at radius 2 is 2.12 bits per heavy atom. The smallest absolute Gasteiger partial charge is 0.312 e. The van der Waals surface area contributed by atoms with Crippen LogP contribution in [0.5, 0.6) is 0 Å². The predicted molar refractivity (Wildman–Crippen MR) is 61.9 cm³/mol. The van der Waals surface area contributed by atoms with Crippen molar-refractivity contribution in [3.63, 3.8) is 0 Å². The molecule has 1 rings (SSSR count). The van der Waals surface area contributed by atoms with E-state index in [1.54, 1.807) is 6.92 Å². The molecular weight excluding hydrogens is 220 g/mol. The highest BCUT2D eigenvalue weighted by Gasteiger charge is 2.42. The average molecular weight is 238 g/mol. The van der Waals surface area contributed by atoms with Gasteiger partial charge in [0.1, 0.15) is 5.60 Å². The normalized spacial score (nSPS) is 16.4. The Morgan fingerprint density at radius 1 is 1.47 bits per heavy atom. The molecule has 0 aliphatic heterocycles. The van der Waals surface area contributed by atoms with Crippen LogP contribution in [-0.4, -0.2) is 28.2 Å². The number of hydrogen-bond acceptors (Lipinski definition) is 5. The summed E-state index contributed by atoms with van der Waals surface area (Å²) in [6.45, 7) is 5.26. The van der Waals surface area contributed by atoms with Gasteiger partial charge in [-0.25, -0.2) is 0 Å². The fourth-order valence-corrected chi connectivity index (χ4v) is 2.00. The van der Waals surface area contributed by atoms with Crippen molar-refractivity contribution >= 4 is 5.97 Å². The minimum atomic E-state index is -1.39. The van der Waals surface area contributed by atoms with Crippen LogP contribution in [0.15, 0.2) is 18.6 Å². The molecule has 5 nitrogen and oxygen atoms in total. The molecule has 2 unspecified atom stereocenters. The van der Waals surface area contributed by atoms with E-state index < -0.39 is 17.5 Å². The van der Waals surface area contributed by atoms with Crippen LogP contribution in [0.4, 0.5) is 0 Å². The van der Waals surface area contributed by atoms with Crippen molar-refractivity contribution in [2.24, 2.45) is 11.8 Å². The lowest BCUT2D eigenvalue weighted by atomic mass is 9.79. The minimum absolute atomic E-state index is 0.0699. The van der Waals surface area contributed by atoms with Gasteiger partial charge >= 0.3 is 5.97 Å². The maximum atomic E-state index is 11.7. The number of methoxy groups -OCH3 is 1. The Morgan fingerprint density at radius 3 is 2.53 bits per heavy atom. The number of hydrogen-bond donors (Lipinski definition) is 1. The summed E-state index contributed by atoms with van der Waals surface area (Å²) in [6, 6.07) is 0. The van der Waals surface area contributed by atoms with Crippen molar-refractivity contribution in [2.45, 2.75) is 26.4 Å². The summed E-state index contributed by atoms with van der Waals surface area (Å²) in [7, 11) is 1.31. The topological polar surface area (TPSA) is 72.3 Å². The summed E-state index contributed by atoms with van der Waals surface area (Å²) < 4.78 is 4.73. The molecule has 1 N–H and O–H groups in total. The molecular formula is C12H18N2O3. The van der Waals surface area contributed by atoms with E-state index >= 15 is 0 Å². The first-order valence-electron chi connectivity index (χ1n) is 5.48. The van der Waals surface area contributed by atoms with Gasteiger partial charge in [0.2, 0.25) is 0 Å². The Bertz CT molecular complexity index is 377. The van der Waals surface area contributed by atoms with Gasteiger partial charge in [-0.15, -0.1) is 0 Å². The van der Waals surface area contributed by atoms with Crippen LogP contribution in [0.25, 0.3) is 0 Å². The van der Waals surface area contributed by atoms with Crippen molar-refractivity contribution in [1.29, 1.82) is 0 Å². The molecule has 0 bridgehead atoms. The first-order chi connectivity index (χ1) is 7.91. The molecule has 17 heavy (non-hydrogen) atoms. The molecule has 0 aliphatic carbocycles. The summed E-state index contributed by atoms with van der Waals surface area (Å²) in [5, 5.41) is 10.5. The van der Waals surface area contributed by atoms with E-state index in [4.69, 9.17) is 4.74 Å². The van der Waals surface area contributed by atoms with E-state index in [9.17, 15) is 9.90 Å². The van der Waals surface area contributed by atoms with Crippen LogP contribution in [0, 0.1) is 11.8 Å². The Labute approximate surface area is 101 Å². The van der Waals surface area contributed by atoms with Gasteiger partial charge in [0.05, 0.1) is 24.9 Å². The summed E-state index contributed by atoms with van der Waals surface area (Å²) in [4.78, 5) is 19.7. The first-order valence-corrected chi connectivity index (χ1v) is 5.48. The number of ether oxygens (including phenoxy) is 1. The molecule has 0 aromatic carbocycles. The highest BCUT2D eigenvalue weighted by Crippen LogP contribution is 2.33. The van der Waals surface area contributed by atoms with E-state index in [1.165, 1.54) is 25.7 Å². The molecule has 0 amide bonds. The molecule has 0 aliphatic rings. The largest absolute Gasteiger partial charge is 0.469 e. The second-order valence-electron chi connectivity index (χ2n) is 4.48. The SMILES string of the molecule is COC(=O)C(C(C)C)C(C)(O)c1cnccn1. The van der Waals surface area contributed by atoms with Gasteiger partial charge in [0, 0.05) is 12.4 Å². The van der Waals surface area contributed by atoms with Gasteiger partial charge in [0.15, 0.2) is 0 Å². The number of aromatic nitrogens is 2. The van der Waals surface area contributed by atoms with Gasteiger partial charge in [-0.3, -0.25) is 14.8 Å². The number of carbonyl (C=O) groups is 1. The van der Waals surface area contributed by atoms with Crippen molar-refractivity contribution in [2.75, 3.05) is 7.11 Å². The fourth-order valence-electron chi connectivity index (χ4n) is 2.00. The quantitative estimate of drug-likeness (QED) is 0.796. The number of nitrogens with zero attached hydrogens (tertiary/aromatic N) is 2.